The van der Waals surface area contributed by atoms with Crippen LogP contribution in [0.3, 0.4) is 0 Å². The van der Waals surface area contributed by atoms with Crippen LogP contribution in [0.2, 0.25) is 0 Å². The molecule has 1 heterocycles. The lowest BCUT2D eigenvalue weighted by Gasteiger charge is -2.07. The highest BCUT2D eigenvalue weighted by Crippen LogP contribution is 2.33. The summed E-state index contributed by atoms with van der Waals surface area (Å²) in [5.41, 5.74) is 0. The molecule has 0 aromatic carbocycles. The van der Waals surface area contributed by atoms with E-state index in [0.717, 1.165) is 5.22 Å². The van der Waals surface area contributed by atoms with E-state index in [-0.39, 0.29) is 0 Å². The third-order valence-corrected chi connectivity index (χ3v) is 3.63. The van der Waals surface area contributed by atoms with Crippen LogP contribution in [0.15, 0.2) is 22.1 Å². The van der Waals surface area contributed by atoms with Crippen molar-refractivity contribution in [3.8, 4) is 0 Å². The molecule has 2 rings (SSSR count). The van der Waals surface area contributed by atoms with Crippen LogP contribution in [0.5, 0.6) is 0 Å². The highest BCUT2D eigenvalue weighted by molar-refractivity contribution is 7.99. The highest BCUT2D eigenvalue weighted by Gasteiger charge is 2.25. The van der Waals surface area contributed by atoms with Crippen molar-refractivity contribution in [3.63, 3.8) is 0 Å². The van der Waals surface area contributed by atoms with Crippen LogP contribution in [0.25, 0.3) is 0 Å². The first-order valence-corrected chi connectivity index (χ1v) is 5.50. The van der Waals surface area contributed by atoms with E-state index in [4.69, 9.17) is 4.42 Å². The number of rotatable bonds is 3. The molecular formula is C9H14N2OS. The van der Waals surface area contributed by atoms with Crippen molar-refractivity contribution >= 4 is 11.8 Å². The molecule has 72 valence electrons. The second kappa shape index (κ2) is 4.15. The molecule has 13 heavy (non-hydrogen) atoms. The van der Waals surface area contributed by atoms with Gasteiger partial charge in [0.1, 0.15) is 6.26 Å². The van der Waals surface area contributed by atoms with Crippen molar-refractivity contribution in [1.82, 2.24) is 10.3 Å². The van der Waals surface area contributed by atoms with Crippen molar-refractivity contribution in [2.24, 2.45) is 0 Å². The predicted octanol–water partition coefficient (Wildman–Crippen LogP) is 1.91. The van der Waals surface area contributed by atoms with Gasteiger partial charge in [0.2, 0.25) is 0 Å². The van der Waals surface area contributed by atoms with Crippen molar-refractivity contribution in [1.29, 1.82) is 0 Å². The number of nitrogens with one attached hydrogen (secondary N) is 1. The molecule has 2 unspecified atom stereocenters. The van der Waals surface area contributed by atoms with Gasteiger partial charge in [0.25, 0.3) is 5.22 Å². The number of oxazole rings is 1. The molecule has 0 spiro atoms. The van der Waals surface area contributed by atoms with E-state index in [2.05, 4.69) is 10.3 Å². The largest absolute Gasteiger partial charge is 0.440 e. The van der Waals surface area contributed by atoms with Gasteiger partial charge in [-0.05, 0) is 26.3 Å². The second-order valence-corrected chi connectivity index (χ2v) is 4.59. The molecule has 0 radical (unpaired) electrons. The molecule has 1 saturated carbocycles. The molecule has 1 N–H and O–H groups in total. The molecule has 1 aromatic heterocycles. The average molecular weight is 198 g/mol. The third-order valence-electron chi connectivity index (χ3n) is 2.47. The summed E-state index contributed by atoms with van der Waals surface area (Å²) in [5.74, 6) is 0. The zero-order chi connectivity index (χ0) is 9.10. The Bertz CT molecular complexity index is 250. The number of hydrogen-bond acceptors (Lipinski definition) is 4. The molecule has 0 amide bonds. The van der Waals surface area contributed by atoms with Gasteiger partial charge in [-0.25, -0.2) is 4.98 Å². The summed E-state index contributed by atoms with van der Waals surface area (Å²) in [6.45, 7) is 0. The Morgan fingerprint density at radius 1 is 1.62 bits per heavy atom. The molecule has 3 nitrogen and oxygen atoms in total. The van der Waals surface area contributed by atoms with E-state index in [1.54, 1.807) is 24.2 Å². The number of thioether (sulfide) groups is 1. The summed E-state index contributed by atoms with van der Waals surface area (Å²) in [6.07, 6.45) is 7.09. The van der Waals surface area contributed by atoms with Crippen LogP contribution in [0.1, 0.15) is 19.3 Å². The number of hydrogen-bond donors (Lipinski definition) is 1. The van der Waals surface area contributed by atoms with E-state index in [9.17, 15) is 0 Å². The molecule has 1 fully saturated rings. The van der Waals surface area contributed by atoms with Gasteiger partial charge in [-0.2, -0.15) is 0 Å². The highest BCUT2D eigenvalue weighted by atomic mass is 32.2. The summed E-state index contributed by atoms with van der Waals surface area (Å²) < 4.78 is 5.20. The lowest BCUT2D eigenvalue weighted by molar-refractivity contribution is 0.453. The van der Waals surface area contributed by atoms with Gasteiger partial charge in [0.05, 0.1) is 6.20 Å². The third kappa shape index (κ3) is 2.25. The first-order valence-electron chi connectivity index (χ1n) is 4.62. The van der Waals surface area contributed by atoms with Crippen molar-refractivity contribution < 1.29 is 4.42 Å². The number of aromatic nitrogens is 1. The van der Waals surface area contributed by atoms with Gasteiger partial charge in [-0.3, -0.25) is 0 Å². The summed E-state index contributed by atoms with van der Waals surface area (Å²) >= 11 is 1.76. The van der Waals surface area contributed by atoms with Crippen molar-refractivity contribution in [3.05, 3.63) is 12.5 Å². The van der Waals surface area contributed by atoms with Gasteiger partial charge in [-0.1, -0.05) is 11.8 Å². The summed E-state index contributed by atoms with van der Waals surface area (Å²) in [5, 5.41) is 4.79. The molecule has 4 heteroatoms. The van der Waals surface area contributed by atoms with E-state index in [1.807, 2.05) is 7.05 Å². The Hall–Kier alpha value is -0.480. The Morgan fingerprint density at radius 2 is 2.54 bits per heavy atom. The van der Waals surface area contributed by atoms with Crippen LogP contribution in [0.4, 0.5) is 0 Å². The SMILES string of the molecule is CNC1CCC(Sc2ncco2)C1. The maximum absolute atomic E-state index is 5.20. The number of nitrogens with zero attached hydrogens (tertiary/aromatic N) is 1. The molecular weight excluding hydrogens is 184 g/mol. The lowest BCUT2D eigenvalue weighted by Crippen LogP contribution is -2.21. The van der Waals surface area contributed by atoms with Crippen LogP contribution in [-0.2, 0) is 0 Å². The second-order valence-electron chi connectivity index (χ2n) is 3.34. The quantitative estimate of drug-likeness (QED) is 0.805. The molecule has 0 saturated heterocycles. The topological polar surface area (TPSA) is 38.1 Å². The fraction of sp³-hybridized carbons (Fsp3) is 0.667. The fourth-order valence-corrected chi connectivity index (χ4v) is 2.82. The molecule has 1 aliphatic carbocycles. The smallest absolute Gasteiger partial charge is 0.255 e. The van der Waals surface area contributed by atoms with E-state index >= 15 is 0 Å². The summed E-state index contributed by atoms with van der Waals surface area (Å²) in [7, 11) is 2.03. The maximum atomic E-state index is 5.20. The fourth-order valence-electron chi connectivity index (χ4n) is 1.72. The zero-order valence-corrected chi connectivity index (χ0v) is 8.51. The summed E-state index contributed by atoms with van der Waals surface area (Å²) in [6, 6.07) is 0.687. The molecule has 1 aromatic rings. The minimum atomic E-state index is 0.677. The van der Waals surface area contributed by atoms with E-state index in [1.165, 1.54) is 19.3 Å². The molecule has 2 atom stereocenters. The maximum Gasteiger partial charge on any atom is 0.255 e. The van der Waals surface area contributed by atoms with Gasteiger partial charge in [0.15, 0.2) is 0 Å². The lowest BCUT2D eigenvalue weighted by atomic mass is 10.3. The van der Waals surface area contributed by atoms with Gasteiger partial charge in [-0.15, -0.1) is 0 Å². The minimum Gasteiger partial charge on any atom is -0.440 e. The van der Waals surface area contributed by atoms with Crippen molar-refractivity contribution in [2.75, 3.05) is 7.05 Å². The van der Waals surface area contributed by atoms with Gasteiger partial charge >= 0.3 is 0 Å². The standard InChI is InChI=1S/C9H14N2OS/c1-10-7-2-3-8(6-7)13-9-11-4-5-12-9/h4-5,7-8,10H,2-3,6H2,1H3. The van der Waals surface area contributed by atoms with Crippen LogP contribution < -0.4 is 5.32 Å². The Morgan fingerprint density at radius 3 is 3.15 bits per heavy atom. The Kier molecular flexibility index (Phi) is 2.90. The monoisotopic (exact) mass is 198 g/mol. The predicted molar refractivity (Wildman–Crippen MR) is 52.8 cm³/mol. The average Bonchev–Trinajstić information content (AvgIpc) is 2.76. The van der Waals surface area contributed by atoms with Gasteiger partial charge in [0, 0.05) is 11.3 Å². The van der Waals surface area contributed by atoms with Crippen molar-refractivity contribution in [2.45, 2.75) is 35.8 Å². The summed E-state index contributed by atoms with van der Waals surface area (Å²) in [4.78, 5) is 4.11. The van der Waals surface area contributed by atoms with Crippen LogP contribution >= 0.6 is 11.8 Å². The first-order chi connectivity index (χ1) is 6.38. The Labute approximate surface area is 82.3 Å². The van der Waals surface area contributed by atoms with Gasteiger partial charge < -0.3 is 9.73 Å². The minimum absolute atomic E-state index is 0.677. The molecule has 0 bridgehead atoms. The molecule has 1 aliphatic rings. The Balaban J connectivity index is 1.84. The normalized spacial score (nSPS) is 28.1. The zero-order valence-electron chi connectivity index (χ0n) is 7.69. The van der Waals surface area contributed by atoms with Crippen LogP contribution in [-0.4, -0.2) is 23.3 Å². The first kappa shape index (κ1) is 9.09. The van der Waals surface area contributed by atoms with Crippen LogP contribution in [0, 0.1) is 0 Å². The van der Waals surface area contributed by atoms with E-state index in [0.29, 0.717) is 11.3 Å². The van der Waals surface area contributed by atoms with E-state index < -0.39 is 0 Å². The molecule has 0 aliphatic heterocycles.